The van der Waals surface area contributed by atoms with Crippen LogP contribution in [0.15, 0.2) is 47.5 Å². The molecule has 0 atom stereocenters. The summed E-state index contributed by atoms with van der Waals surface area (Å²) in [4.78, 5) is 28.9. The molecular weight excluding hydrogens is 298 g/mol. The fourth-order valence-corrected chi connectivity index (χ4v) is 2.98. The molecule has 0 unspecified atom stereocenters. The zero-order valence-corrected chi connectivity index (χ0v) is 12.3. The highest BCUT2D eigenvalue weighted by molar-refractivity contribution is 8.18. The first-order valence-corrected chi connectivity index (χ1v) is 7.37. The van der Waals surface area contributed by atoms with Gasteiger partial charge in [0.15, 0.2) is 0 Å². The number of nitrogens with one attached hydrogen (secondary N) is 1. The van der Waals surface area contributed by atoms with Crippen LogP contribution in [-0.2, 0) is 11.3 Å². The van der Waals surface area contributed by atoms with Gasteiger partial charge in [0, 0.05) is 11.9 Å². The Labute approximate surface area is 131 Å². The van der Waals surface area contributed by atoms with Gasteiger partial charge in [-0.3, -0.25) is 14.5 Å². The van der Waals surface area contributed by atoms with Gasteiger partial charge in [0.2, 0.25) is 0 Å². The molecule has 0 bridgehead atoms. The summed E-state index contributed by atoms with van der Waals surface area (Å²) in [6, 6.07) is 12.7. The summed E-state index contributed by atoms with van der Waals surface area (Å²) < 4.78 is 0. The Hall–Kier alpha value is -2.78. The molecule has 1 aromatic heterocycles. The molecule has 22 heavy (non-hydrogen) atoms. The molecule has 1 aliphatic heterocycles. The number of amides is 2. The fourth-order valence-electron chi connectivity index (χ4n) is 2.15. The molecule has 5 nitrogen and oxygen atoms in total. The van der Waals surface area contributed by atoms with Crippen molar-refractivity contribution in [2.75, 3.05) is 0 Å². The van der Waals surface area contributed by atoms with E-state index in [1.54, 1.807) is 36.5 Å². The van der Waals surface area contributed by atoms with Crippen LogP contribution in [0.3, 0.4) is 0 Å². The number of nitriles is 1. The van der Waals surface area contributed by atoms with Gasteiger partial charge in [0.1, 0.15) is 0 Å². The van der Waals surface area contributed by atoms with Crippen molar-refractivity contribution in [1.29, 1.82) is 5.26 Å². The minimum Gasteiger partial charge on any atom is -0.362 e. The van der Waals surface area contributed by atoms with E-state index in [0.29, 0.717) is 16.0 Å². The number of nitrogens with zero attached hydrogens (tertiary/aromatic N) is 2. The van der Waals surface area contributed by atoms with E-state index in [0.717, 1.165) is 22.4 Å². The molecule has 3 rings (SSSR count). The third-order valence-corrected chi connectivity index (χ3v) is 4.16. The number of imide groups is 1. The second kappa shape index (κ2) is 5.92. The van der Waals surface area contributed by atoms with E-state index in [9.17, 15) is 9.59 Å². The van der Waals surface area contributed by atoms with Gasteiger partial charge in [-0.1, -0.05) is 18.2 Å². The first-order chi connectivity index (χ1) is 10.7. The van der Waals surface area contributed by atoms with Crippen molar-refractivity contribution < 1.29 is 9.59 Å². The minimum atomic E-state index is -0.336. The van der Waals surface area contributed by atoms with Gasteiger partial charge < -0.3 is 4.98 Å². The standard InChI is InChI=1S/C16H11N3O2S/c17-9-11-4-1-2-5-12(11)10-19-15(20)14(22-16(19)21)8-13-6-3-7-18-13/h1-8,18H,10H2/b14-8+. The van der Waals surface area contributed by atoms with Crippen LogP contribution < -0.4 is 0 Å². The number of carbonyl (C=O) groups excluding carboxylic acids is 2. The zero-order chi connectivity index (χ0) is 15.5. The van der Waals surface area contributed by atoms with Crippen molar-refractivity contribution in [2.24, 2.45) is 0 Å². The van der Waals surface area contributed by atoms with Crippen molar-refractivity contribution in [2.45, 2.75) is 6.54 Å². The smallest absolute Gasteiger partial charge is 0.293 e. The molecule has 108 valence electrons. The van der Waals surface area contributed by atoms with Crippen LogP contribution in [0.5, 0.6) is 0 Å². The summed E-state index contributed by atoms with van der Waals surface area (Å²) in [5, 5.41) is 8.76. The third-order valence-electron chi connectivity index (χ3n) is 3.25. The predicted octanol–water partition coefficient (Wildman–Crippen LogP) is 3.12. The van der Waals surface area contributed by atoms with E-state index < -0.39 is 0 Å². The van der Waals surface area contributed by atoms with Gasteiger partial charge in [-0.25, -0.2) is 0 Å². The Morgan fingerprint density at radius 1 is 1.23 bits per heavy atom. The van der Waals surface area contributed by atoms with Crippen LogP contribution in [0.4, 0.5) is 4.79 Å². The van der Waals surface area contributed by atoms with Gasteiger partial charge in [0.25, 0.3) is 11.1 Å². The summed E-state index contributed by atoms with van der Waals surface area (Å²) in [5.74, 6) is -0.336. The first kappa shape index (κ1) is 14.2. The van der Waals surface area contributed by atoms with Crippen molar-refractivity contribution in [3.63, 3.8) is 0 Å². The van der Waals surface area contributed by atoms with Crippen molar-refractivity contribution >= 4 is 29.0 Å². The number of thioether (sulfide) groups is 1. The van der Waals surface area contributed by atoms with Gasteiger partial charge >= 0.3 is 0 Å². The molecule has 0 saturated carbocycles. The number of H-pyrrole nitrogens is 1. The van der Waals surface area contributed by atoms with Crippen molar-refractivity contribution in [3.05, 3.63) is 64.3 Å². The largest absolute Gasteiger partial charge is 0.362 e. The molecule has 0 radical (unpaired) electrons. The lowest BCUT2D eigenvalue weighted by atomic mass is 10.1. The van der Waals surface area contributed by atoms with E-state index >= 15 is 0 Å². The normalized spacial score (nSPS) is 16.3. The lowest BCUT2D eigenvalue weighted by Crippen LogP contribution is -2.27. The Morgan fingerprint density at radius 3 is 2.77 bits per heavy atom. The first-order valence-electron chi connectivity index (χ1n) is 6.56. The summed E-state index contributed by atoms with van der Waals surface area (Å²) in [6.45, 7) is 0.108. The summed E-state index contributed by atoms with van der Waals surface area (Å²) in [5.41, 5.74) is 1.89. The molecule has 0 aliphatic carbocycles. The number of rotatable bonds is 3. The summed E-state index contributed by atoms with van der Waals surface area (Å²) in [6.07, 6.45) is 3.40. The van der Waals surface area contributed by atoms with E-state index in [4.69, 9.17) is 5.26 Å². The quantitative estimate of drug-likeness (QED) is 0.884. The Balaban J connectivity index is 1.85. The second-order valence-corrected chi connectivity index (χ2v) is 5.66. The molecule has 1 saturated heterocycles. The number of carbonyl (C=O) groups is 2. The van der Waals surface area contributed by atoms with Crippen molar-refractivity contribution in [3.8, 4) is 6.07 Å². The van der Waals surface area contributed by atoms with Crippen molar-refractivity contribution in [1.82, 2.24) is 9.88 Å². The fraction of sp³-hybridized carbons (Fsp3) is 0.0625. The SMILES string of the molecule is N#Cc1ccccc1CN1C(=O)S/C(=C/c2ccc[nH]2)C1=O. The molecule has 2 amide bonds. The maximum Gasteiger partial charge on any atom is 0.293 e. The maximum absolute atomic E-state index is 12.4. The van der Waals surface area contributed by atoms with Gasteiger partial charge in [-0.05, 0) is 41.6 Å². The number of aromatic nitrogens is 1. The minimum absolute atomic E-state index is 0.108. The van der Waals surface area contributed by atoms with E-state index in [1.807, 2.05) is 12.1 Å². The lowest BCUT2D eigenvalue weighted by molar-refractivity contribution is -0.123. The average molecular weight is 309 g/mol. The third kappa shape index (κ3) is 2.67. The molecule has 6 heteroatoms. The molecule has 1 aliphatic rings. The van der Waals surface area contributed by atoms with Crippen LogP contribution in [0.1, 0.15) is 16.8 Å². The number of hydrogen-bond donors (Lipinski definition) is 1. The zero-order valence-electron chi connectivity index (χ0n) is 11.4. The number of hydrogen-bond acceptors (Lipinski definition) is 4. The van der Waals surface area contributed by atoms with Crippen LogP contribution in [0.25, 0.3) is 6.08 Å². The molecule has 1 aromatic carbocycles. The number of benzene rings is 1. The van der Waals surface area contributed by atoms with E-state index in [1.165, 1.54) is 0 Å². The van der Waals surface area contributed by atoms with E-state index in [2.05, 4.69) is 11.1 Å². The molecular formula is C16H11N3O2S. The molecule has 2 heterocycles. The van der Waals surface area contributed by atoms with Crippen LogP contribution in [-0.4, -0.2) is 21.0 Å². The highest BCUT2D eigenvalue weighted by atomic mass is 32.2. The highest BCUT2D eigenvalue weighted by Gasteiger charge is 2.35. The van der Waals surface area contributed by atoms with Gasteiger partial charge in [0.05, 0.1) is 23.1 Å². The maximum atomic E-state index is 12.4. The second-order valence-electron chi connectivity index (χ2n) is 4.66. The monoisotopic (exact) mass is 309 g/mol. The highest BCUT2D eigenvalue weighted by Crippen LogP contribution is 2.33. The number of aromatic amines is 1. The van der Waals surface area contributed by atoms with Crippen LogP contribution in [0, 0.1) is 11.3 Å². The summed E-state index contributed by atoms with van der Waals surface area (Å²) >= 11 is 0.908. The lowest BCUT2D eigenvalue weighted by Gasteiger charge is -2.13. The van der Waals surface area contributed by atoms with E-state index in [-0.39, 0.29) is 17.7 Å². The Bertz CT molecular complexity index is 803. The molecule has 1 N–H and O–H groups in total. The molecule has 0 spiro atoms. The van der Waals surface area contributed by atoms with Gasteiger partial charge in [-0.15, -0.1) is 0 Å². The predicted molar refractivity (Wildman–Crippen MR) is 83.5 cm³/mol. The summed E-state index contributed by atoms with van der Waals surface area (Å²) in [7, 11) is 0. The topological polar surface area (TPSA) is 77.0 Å². The van der Waals surface area contributed by atoms with Gasteiger partial charge in [-0.2, -0.15) is 5.26 Å². The Kier molecular flexibility index (Phi) is 3.81. The molecule has 2 aromatic rings. The van der Waals surface area contributed by atoms with Crippen LogP contribution >= 0.6 is 11.8 Å². The Morgan fingerprint density at radius 2 is 2.05 bits per heavy atom. The van der Waals surface area contributed by atoms with Crippen LogP contribution in [0.2, 0.25) is 0 Å². The molecule has 1 fully saturated rings. The average Bonchev–Trinajstić information content (AvgIpc) is 3.12.